The quantitative estimate of drug-likeness (QED) is 0.895. The smallest absolute Gasteiger partial charge is 0.137 e. The van der Waals surface area contributed by atoms with Gasteiger partial charge in [0.25, 0.3) is 0 Å². The number of nitrogens with zero attached hydrogens (tertiary/aromatic N) is 3. The van der Waals surface area contributed by atoms with Gasteiger partial charge in [-0.2, -0.15) is 0 Å². The largest absolute Gasteiger partial charge is 0.370 e. The van der Waals surface area contributed by atoms with Gasteiger partial charge in [0, 0.05) is 31.6 Å². The maximum Gasteiger partial charge on any atom is 0.137 e. The van der Waals surface area contributed by atoms with E-state index >= 15 is 0 Å². The van der Waals surface area contributed by atoms with Crippen LogP contribution in [-0.4, -0.2) is 29.6 Å². The third-order valence-electron chi connectivity index (χ3n) is 4.62. The molecule has 1 aliphatic rings. The molecule has 0 radical (unpaired) electrons. The highest BCUT2D eigenvalue weighted by atomic mass is 15.2. The van der Waals surface area contributed by atoms with Gasteiger partial charge in [-0.05, 0) is 32.6 Å². The van der Waals surface area contributed by atoms with Gasteiger partial charge in [-0.15, -0.1) is 0 Å². The van der Waals surface area contributed by atoms with E-state index in [0.29, 0.717) is 6.04 Å². The Morgan fingerprint density at radius 3 is 2.62 bits per heavy atom. The lowest BCUT2D eigenvalue weighted by atomic mass is 9.86. The Bertz CT molecular complexity index is 472. The Morgan fingerprint density at radius 2 is 2.00 bits per heavy atom. The van der Waals surface area contributed by atoms with Crippen molar-refractivity contribution in [2.45, 2.75) is 65.8 Å². The maximum absolute atomic E-state index is 4.81. The lowest BCUT2D eigenvalue weighted by Crippen LogP contribution is -2.36. The molecule has 1 N–H and O–H groups in total. The maximum atomic E-state index is 4.81. The minimum absolute atomic E-state index is 0.613. The highest BCUT2D eigenvalue weighted by molar-refractivity contribution is 5.58. The van der Waals surface area contributed by atoms with Gasteiger partial charge < -0.3 is 10.2 Å². The monoisotopic (exact) mass is 290 g/mol. The van der Waals surface area contributed by atoms with Gasteiger partial charge in [0.2, 0.25) is 0 Å². The van der Waals surface area contributed by atoms with Crippen molar-refractivity contribution in [1.82, 2.24) is 9.97 Å². The van der Waals surface area contributed by atoms with Crippen LogP contribution in [0.1, 0.15) is 57.8 Å². The fraction of sp³-hybridized carbons (Fsp3) is 0.765. The van der Waals surface area contributed by atoms with Crippen LogP contribution < -0.4 is 10.2 Å². The molecule has 2 rings (SSSR count). The molecule has 4 heteroatoms. The molecular weight excluding hydrogens is 260 g/mol. The van der Waals surface area contributed by atoms with Gasteiger partial charge >= 0.3 is 0 Å². The molecule has 1 fully saturated rings. The van der Waals surface area contributed by atoms with Crippen LogP contribution in [0.15, 0.2) is 0 Å². The molecule has 0 saturated heterocycles. The summed E-state index contributed by atoms with van der Waals surface area (Å²) in [4.78, 5) is 11.8. The zero-order valence-corrected chi connectivity index (χ0v) is 14.2. The topological polar surface area (TPSA) is 41.1 Å². The van der Waals surface area contributed by atoms with Crippen LogP contribution in [-0.2, 0) is 6.42 Å². The van der Waals surface area contributed by atoms with E-state index in [2.05, 4.69) is 49.9 Å². The first-order chi connectivity index (χ1) is 10.1. The van der Waals surface area contributed by atoms with E-state index in [4.69, 9.17) is 4.98 Å². The predicted molar refractivity (Wildman–Crippen MR) is 90.1 cm³/mol. The molecule has 0 bridgehead atoms. The van der Waals surface area contributed by atoms with Crippen LogP contribution >= 0.6 is 0 Å². The van der Waals surface area contributed by atoms with Gasteiger partial charge in [0.15, 0.2) is 0 Å². The first kappa shape index (κ1) is 16.1. The average molecular weight is 290 g/mol. The highest BCUT2D eigenvalue weighted by Gasteiger charge is 2.25. The average Bonchev–Trinajstić information content (AvgIpc) is 2.49. The minimum Gasteiger partial charge on any atom is -0.370 e. The van der Waals surface area contributed by atoms with E-state index in [1.54, 1.807) is 0 Å². The lowest BCUT2D eigenvalue weighted by molar-refractivity contribution is 0.335. The number of rotatable bonds is 5. The summed E-state index contributed by atoms with van der Waals surface area (Å²) in [7, 11) is 2.20. The number of anilines is 2. The zero-order valence-electron chi connectivity index (χ0n) is 14.2. The molecule has 1 saturated carbocycles. The molecule has 2 unspecified atom stereocenters. The normalized spacial score (nSPS) is 22.1. The summed E-state index contributed by atoms with van der Waals surface area (Å²) in [6.45, 7) is 9.63. The molecule has 0 aromatic carbocycles. The molecule has 1 aliphatic carbocycles. The van der Waals surface area contributed by atoms with Crippen molar-refractivity contribution in [2.75, 3.05) is 23.8 Å². The van der Waals surface area contributed by atoms with Gasteiger partial charge in [0.1, 0.15) is 17.5 Å². The summed E-state index contributed by atoms with van der Waals surface area (Å²) in [5.41, 5.74) is 1.18. The minimum atomic E-state index is 0.613. The second kappa shape index (κ2) is 7.10. The van der Waals surface area contributed by atoms with Crippen molar-refractivity contribution in [3.8, 4) is 0 Å². The van der Waals surface area contributed by atoms with Crippen molar-refractivity contribution < 1.29 is 0 Å². The predicted octanol–water partition coefficient (Wildman–Crippen LogP) is 3.79. The summed E-state index contributed by atoms with van der Waals surface area (Å²) >= 11 is 0. The molecule has 4 nitrogen and oxygen atoms in total. The Kier molecular flexibility index (Phi) is 5.43. The number of hydrogen-bond donors (Lipinski definition) is 1. The zero-order chi connectivity index (χ0) is 15.4. The first-order valence-electron chi connectivity index (χ1n) is 8.41. The van der Waals surface area contributed by atoms with Crippen LogP contribution in [0.2, 0.25) is 0 Å². The standard InChI is InChI=1S/C17H30N4/c1-6-15-19-16(18-7-2)13(4)17(20-15)21(5)14-10-8-9-12(3)11-14/h12,14H,6-11H2,1-5H3,(H,18,19,20). The Hall–Kier alpha value is -1.32. The Morgan fingerprint density at radius 1 is 1.24 bits per heavy atom. The third kappa shape index (κ3) is 3.66. The third-order valence-corrected chi connectivity index (χ3v) is 4.62. The van der Waals surface area contributed by atoms with Gasteiger partial charge in [-0.25, -0.2) is 9.97 Å². The molecule has 1 aromatic rings. The molecule has 2 atom stereocenters. The van der Waals surface area contributed by atoms with Crippen molar-refractivity contribution in [3.63, 3.8) is 0 Å². The van der Waals surface area contributed by atoms with E-state index < -0.39 is 0 Å². The molecule has 1 heterocycles. The fourth-order valence-corrected chi connectivity index (χ4v) is 3.32. The number of hydrogen-bond acceptors (Lipinski definition) is 4. The first-order valence-corrected chi connectivity index (χ1v) is 8.41. The van der Waals surface area contributed by atoms with E-state index in [-0.39, 0.29) is 0 Å². The summed E-state index contributed by atoms with van der Waals surface area (Å²) in [6, 6.07) is 0.613. The van der Waals surface area contributed by atoms with Crippen molar-refractivity contribution >= 4 is 11.6 Å². The van der Waals surface area contributed by atoms with Gasteiger partial charge in [-0.3, -0.25) is 0 Å². The van der Waals surface area contributed by atoms with Crippen molar-refractivity contribution in [2.24, 2.45) is 5.92 Å². The Balaban J connectivity index is 2.30. The summed E-state index contributed by atoms with van der Waals surface area (Å²) in [5.74, 6) is 3.86. The molecular formula is C17H30N4. The van der Waals surface area contributed by atoms with Crippen LogP contribution in [0.5, 0.6) is 0 Å². The van der Waals surface area contributed by atoms with E-state index in [1.165, 1.54) is 31.2 Å². The molecule has 0 amide bonds. The van der Waals surface area contributed by atoms with E-state index in [1.807, 2.05) is 0 Å². The Labute approximate surface area is 129 Å². The van der Waals surface area contributed by atoms with Crippen LogP contribution in [0.4, 0.5) is 11.6 Å². The van der Waals surface area contributed by atoms with Crippen LogP contribution in [0, 0.1) is 12.8 Å². The SMILES string of the molecule is CCNc1nc(CC)nc(N(C)C2CCCC(C)C2)c1C. The molecule has 1 aromatic heterocycles. The summed E-state index contributed by atoms with van der Waals surface area (Å²) in [5, 5.41) is 3.38. The van der Waals surface area contributed by atoms with E-state index in [9.17, 15) is 0 Å². The van der Waals surface area contributed by atoms with Crippen LogP contribution in [0.25, 0.3) is 0 Å². The fourth-order valence-electron chi connectivity index (χ4n) is 3.32. The second-order valence-electron chi connectivity index (χ2n) is 6.36. The molecule has 0 spiro atoms. The van der Waals surface area contributed by atoms with Crippen LogP contribution in [0.3, 0.4) is 0 Å². The van der Waals surface area contributed by atoms with E-state index in [0.717, 1.165) is 36.3 Å². The lowest BCUT2D eigenvalue weighted by Gasteiger charge is -2.36. The highest BCUT2D eigenvalue weighted by Crippen LogP contribution is 2.31. The number of aryl methyl sites for hydroxylation is 1. The van der Waals surface area contributed by atoms with Gasteiger partial charge in [0.05, 0.1) is 0 Å². The number of aromatic nitrogens is 2. The number of nitrogens with one attached hydrogen (secondary N) is 1. The van der Waals surface area contributed by atoms with Gasteiger partial charge in [-0.1, -0.05) is 26.7 Å². The molecule has 0 aliphatic heterocycles. The second-order valence-corrected chi connectivity index (χ2v) is 6.36. The molecule has 118 valence electrons. The molecule has 21 heavy (non-hydrogen) atoms. The van der Waals surface area contributed by atoms with Crippen molar-refractivity contribution in [1.29, 1.82) is 0 Å². The van der Waals surface area contributed by atoms with Crippen molar-refractivity contribution in [3.05, 3.63) is 11.4 Å². The summed E-state index contributed by atoms with van der Waals surface area (Å²) in [6.07, 6.45) is 6.14. The summed E-state index contributed by atoms with van der Waals surface area (Å²) < 4.78 is 0.